The van der Waals surface area contributed by atoms with E-state index in [0.717, 1.165) is 5.92 Å². The highest BCUT2D eigenvalue weighted by atomic mass is 15.1. The second kappa shape index (κ2) is 5.61. The number of hydrogen-bond donors (Lipinski definition) is 1. The van der Waals surface area contributed by atoms with Gasteiger partial charge in [0.25, 0.3) is 0 Å². The Kier molecular flexibility index (Phi) is 4.74. The summed E-state index contributed by atoms with van der Waals surface area (Å²) in [6.07, 6.45) is 5.50. The van der Waals surface area contributed by atoms with Crippen LogP contribution in [0.3, 0.4) is 0 Å². The first-order valence-corrected chi connectivity index (χ1v) is 5.62. The zero-order valence-corrected chi connectivity index (χ0v) is 9.34. The summed E-state index contributed by atoms with van der Waals surface area (Å²) in [5.41, 5.74) is 0. The molecule has 0 amide bonds. The van der Waals surface area contributed by atoms with Crippen molar-refractivity contribution >= 4 is 0 Å². The fourth-order valence-electron chi connectivity index (χ4n) is 1.87. The molecule has 0 aromatic heterocycles. The molecule has 0 aromatic rings. The minimum Gasteiger partial charge on any atom is -0.316 e. The molecule has 0 saturated heterocycles. The maximum atomic E-state index is 3.39. The third-order valence-corrected chi connectivity index (χ3v) is 2.84. The molecule has 1 unspecified atom stereocenters. The van der Waals surface area contributed by atoms with Crippen molar-refractivity contribution in [2.75, 3.05) is 27.2 Å². The van der Waals surface area contributed by atoms with Gasteiger partial charge in [-0.2, -0.15) is 0 Å². The van der Waals surface area contributed by atoms with Crippen LogP contribution in [-0.4, -0.2) is 38.1 Å². The Labute approximate surface area is 82.7 Å². The number of hydrogen-bond acceptors (Lipinski definition) is 2. The molecule has 1 rings (SSSR count). The topological polar surface area (TPSA) is 15.3 Å². The number of nitrogens with zero attached hydrogens (tertiary/aromatic N) is 1. The van der Waals surface area contributed by atoms with Gasteiger partial charge in [0.1, 0.15) is 0 Å². The van der Waals surface area contributed by atoms with Crippen LogP contribution in [0.15, 0.2) is 0 Å². The van der Waals surface area contributed by atoms with Crippen LogP contribution in [0.25, 0.3) is 0 Å². The van der Waals surface area contributed by atoms with Crippen molar-refractivity contribution < 1.29 is 0 Å². The lowest BCUT2D eigenvalue weighted by atomic mass is 10.1. The molecule has 0 heterocycles. The van der Waals surface area contributed by atoms with Crippen molar-refractivity contribution in [1.29, 1.82) is 0 Å². The average Bonchev–Trinajstić information content (AvgIpc) is 2.87. The second-order valence-corrected chi connectivity index (χ2v) is 4.44. The largest absolute Gasteiger partial charge is 0.316 e. The minimum absolute atomic E-state index is 0.689. The van der Waals surface area contributed by atoms with E-state index in [9.17, 15) is 0 Å². The summed E-state index contributed by atoms with van der Waals surface area (Å²) in [5, 5.41) is 3.39. The first-order valence-electron chi connectivity index (χ1n) is 5.62. The minimum atomic E-state index is 0.689. The summed E-state index contributed by atoms with van der Waals surface area (Å²) in [7, 11) is 4.32. The van der Waals surface area contributed by atoms with E-state index in [1.807, 2.05) is 0 Å². The Morgan fingerprint density at radius 2 is 2.15 bits per heavy atom. The maximum Gasteiger partial charge on any atom is 0.0191 e. The van der Waals surface area contributed by atoms with Gasteiger partial charge in [-0.25, -0.2) is 0 Å². The van der Waals surface area contributed by atoms with Crippen molar-refractivity contribution in [2.45, 2.75) is 38.6 Å². The molecule has 1 atom stereocenters. The number of nitrogens with one attached hydrogen (secondary N) is 1. The van der Waals surface area contributed by atoms with E-state index in [1.165, 1.54) is 38.8 Å². The fourth-order valence-corrected chi connectivity index (χ4v) is 1.87. The third-order valence-electron chi connectivity index (χ3n) is 2.84. The zero-order chi connectivity index (χ0) is 9.68. The Morgan fingerprint density at radius 3 is 2.62 bits per heavy atom. The lowest BCUT2D eigenvalue weighted by Gasteiger charge is -2.23. The van der Waals surface area contributed by atoms with Crippen LogP contribution in [0.1, 0.15) is 32.6 Å². The Hall–Kier alpha value is -0.0800. The first kappa shape index (κ1) is 11.0. The fraction of sp³-hybridized carbons (Fsp3) is 1.00. The summed E-state index contributed by atoms with van der Waals surface area (Å²) in [4.78, 5) is 2.48. The molecule has 1 aliphatic rings. The van der Waals surface area contributed by atoms with E-state index in [4.69, 9.17) is 0 Å². The van der Waals surface area contributed by atoms with Crippen molar-refractivity contribution in [3.8, 4) is 0 Å². The summed E-state index contributed by atoms with van der Waals surface area (Å²) in [6.45, 7) is 4.77. The maximum absolute atomic E-state index is 3.39. The second-order valence-electron chi connectivity index (χ2n) is 4.44. The van der Waals surface area contributed by atoms with Gasteiger partial charge >= 0.3 is 0 Å². The highest BCUT2D eigenvalue weighted by molar-refractivity contribution is 4.78. The van der Waals surface area contributed by atoms with Crippen molar-refractivity contribution in [1.82, 2.24) is 10.2 Å². The monoisotopic (exact) mass is 184 g/mol. The summed E-state index contributed by atoms with van der Waals surface area (Å²) in [6, 6.07) is 0.689. The summed E-state index contributed by atoms with van der Waals surface area (Å²) >= 11 is 0. The standard InChI is InChI=1S/C11H24N2/c1-4-5-11(12-2)9-13(3)8-10-6-7-10/h10-12H,4-9H2,1-3H3. The number of likely N-dealkylation sites (N-methyl/N-ethyl adjacent to an activating group) is 2. The van der Waals surface area contributed by atoms with Gasteiger partial charge < -0.3 is 10.2 Å². The molecule has 1 fully saturated rings. The highest BCUT2D eigenvalue weighted by Gasteiger charge is 2.23. The normalized spacial score (nSPS) is 19.4. The van der Waals surface area contributed by atoms with Crippen LogP contribution >= 0.6 is 0 Å². The van der Waals surface area contributed by atoms with Crippen LogP contribution in [0.2, 0.25) is 0 Å². The lowest BCUT2D eigenvalue weighted by Crippen LogP contribution is -2.38. The first-order chi connectivity index (χ1) is 6.26. The van der Waals surface area contributed by atoms with Crippen molar-refractivity contribution in [3.63, 3.8) is 0 Å². The molecule has 0 bridgehead atoms. The van der Waals surface area contributed by atoms with Gasteiger partial charge in [0.05, 0.1) is 0 Å². The molecule has 0 radical (unpaired) electrons. The molecule has 1 aliphatic carbocycles. The molecular formula is C11H24N2. The molecule has 78 valence electrons. The van der Waals surface area contributed by atoms with Crippen LogP contribution in [0.4, 0.5) is 0 Å². The molecule has 0 spiro atoms. The van der Waals surface area contributed by atoms with E-state index in [2.05, 4.69) is 31.2 Å². The molecule has 0 aromatic carbocycles. The Bertz CT molecular complexity index is 132. The summed E-state index contributed by atoms with van der Waals surface area (Å²) < 4.78 is 0. The van der Waals surface area contributed by atoms with Gasteiger partial charge in [-0.1, -0.05) is 13.3 Å². The predicted molar refractivity (Wildman–Crippen MR) is 58.0 cm³/mol. The van der Waals surface area contributed by atoms with E-state index in [1.54, 1.807) is 0 Å². The van der Waals surface area contributed by atoms with Crippen molar-refractivity contribution in [3.05, 3.63) is 0 Å². The number of rotatable bonds is 7. The molecule has 2 heteroatoms. The van der Waals surface area contributed by atoms with Crippen LogP contribution in [-0.2, 0) is 0 Å². The summed E-state index contributed by atoms with van der Waals surface area (Å²) in [5.74, 6) is 1.02. The van der Waals surface area contributed by atoms with Crippen LogP contribution in [0.5, 0.6) is 0 Å². The predicted octanol–water partition coefficient (Wildman–Crippen LogP) is 1.72. The quantitative estimate of drug-likeness (QED) is 0.648. The molecule has 13 heavy (non-hydrogen) atoms. The average molecular weight is 184 g/mol. The van der Waals surface area contributed by atoms with Gasteiger partial charge in [0.15, 0.2) is 0 Å². The zero-order valence-electron chi connectivity index (χ0n) is 9.34. The van der Waals surface area contributed by atoms with Gasteiger partial charge in [-0.15, -0.1) is 0 Å². The Morgan fingerprint density at radius 1 is 1.46 bits per heavy atom. The molecule has 1 N–H and O–H groups in total. The molecule has 0 aliphatic heterocycles. The third kappa shape index (κ3) is 4.63. The Balaban J connectivity index is 2.10. The van der Waals surface area contributed by atoms with Gasteiger partial charge in [-0.3, -0.25) is 0 Å². The van der Waals surface area contributed by atoms with Crippen LogP contribution < -0.4 is 5.32 Å². The molecule has 1 saturated carbocycles. The molecular weight excluding hydrogens is 160 g/mol. The van der Waals surface area contributed by atoms with Gasteiger partial charge in [0.2, 0.25) is 0 Å². The molecule has 2 nitrogen and oxygen atoms in total. The van der Waals surface area contributed by atoms with E-state index >= 15 is 0 Å². The van der Waals surface area contributed by atoms with Crippen LogP contribution in [0, 0.1) is 5.92 Å². The van der Waals surface area contributed by atoms with Crippen molar-refractivity contribution in [2.24, 2.45) is 5.92 Å². The van der Waals surface area contributed by atoms with E-state index < -0.39 is 0 Å². The highest BCUT2D eigenvalue weighted by Crippen LogP contribution is 2.29. The lowest BCUT2D eigenvalue weighted by molar-refractivity contribution is 0.277. The van der Waals surface area contributed by atoms with E-state index in [-0.39, 0.29) is 0 Å². The SMILES string of the molecule is CCCC(CN(C)CC1CC1)NC. The van der Waals surface area contributed by atoms with Gasteiger partial charge in [-0.05, 0) is 39.3 Å². The smallest absolute Gasteiger partial charge is 0.0191 e. The van der Waals surface area contributed by atoms with Gasteiger partial charge in [0, 0.05) is 19.1 Å². The van der Waals surface area contributed by atoms with E-state index in [0.29, 0.717) is 6.04 Å².